The van der Waals surface area contributed by atoms with E-state index in [1.165, 1.54) is 32.2 Å². The Bertz CT molecular complexity index is 149. The minimum absolute atomic E-state index is 0.558. The summed E-state index contributed by atoms with van der Waals surface area (Å²) in [6, 6.07) is 0.631. The molecular weight excluding hydrogens is 158 g/mol. The zero-order valence-electron chi connectivity index (χ0n) is 9.69. The van der Waals surface area contributed by atoms with Gasteiger partial charge in [-0.05, 0) is 30.6 Å². The third-order valence-corrected chi connectivity index (χ3v) is 3.81. The molecule has 78 valence electrons. The van der Waals surface area contributed by atoms with Gasteiger partial charge < -0.3 is 5.32 Å². The molecule has 1 atom stereocenters. The van der Waals surface area contributed by atoms with Gasteiger partial charge in [0.1, 0.15) is 0 Å². The Balaban J connectivity index is 2.38. The average molecular weight is 183 g/mol. The minimum Gasteiger partial charge on any atom is -0.314 e. The highest BCUT2D eigenvalue weighted by Crippen LogP contribution is 2.43. The van der Waals surface area contributed by atoms with Gasteiger partial charge in [-0.3, -0.25) is 0 Å². The van der Waals surface area contributed by atoms with Crippen LogP contribution in [0.25, 0.3) is 0 Å². The van der Waals surface area contributed by atoms with E-state index in [1.807, 2.05) is 0 Å². The van der Waals surface area contributed by atoms with Crippen LogP contribution >= 0.6 is 0 Å². The fourth-order valence-electron chi connectivity index (χ4n) is 2.10. The highest BCUT2D eigenvalue weighted by Gasteiger charge is 2.35. The molecule has 1 nitrogen and oxygen atoms in total. The molecule has 1 saturated carbocycles. The van der Waals surface area contributed by atoms with Crippen molar-refractivity contribution < 1.29 is 0 Å². The van der Waals surface area contributed by atoms with Crippen LogP contribution in [0.15, 0.2) is 0 Å². The molecule has 0 radical (unpaired) electrons. The van der Waals surface area contributed by atoms with E-state index in [1.54, 1.807) is 0 Å². The van der Waals surface area contributed by atoms with Gasteiger partial charge in [0.05, 0.1) is 0 Å². The van der Waals surface area contributed by atoms with E-state index >= 15 is 0 Å². The summed E-state index contributed by atoms with van der Waals surface area (Å²) in [5.41, 5.74) is 0.558. The van der Waals surface area contributed by atoms with E-state index in [2.05, 4.69) is 33.0 Å². The molecule has 13 heavy (non-hydrogen) atoms. The minimum atomic E-state index is 0.558. The predicted molar refractivity (Wildman–Crippen MR) is 58.9 cm³/mol. The van der Waals surface area contributed by atoms with E-state index in [-0.39, 0.29) is 0 Å². The van der Waals surface area contributed by atoms with Crippen LogP contribution in [0.2, 0.25) is 0 Å². The zero-order chi connectivity index (χ0) is 9.90. The average Bonchev–Trinajstić information content (AvgIpc) is 1.98. The van der Waals surface area contributed by atoms with Gasteiger partial charge in [-0.25, -0.2) is 0 Å². The quantitative estimate of drug-likeness (QED) is 0.690. The lowest BCUT2D eigenvalue weighted by Gasteiger charge is -2.43. The van der Waals surface area contributed by atoms with E-state index in [0.29, 0.717) is 11.5 Å². The SMILES string of the molecule is CCC(C)(CNC(C)C)C1CCC1. The van der Waals surface area contributed by atoms with Crippen molar-refractivity contribution in [3.8, 4) is 0 Å². The van der Waals surface area contributed by atoms with Crippen molar-refractivity contribution >= 4 is 0 Å². The smallest absolute Gasteiger partial charge is 0.00106 e. The molecule has 0 spiro atoms. The monoisotopic (exact) mass is 183 g/mol. The number of hydrogen-bond donors (Lipinski definition) is 1. The highest BCUT2D eigenvalue weighted by molar-refractivity contribution is 4.88. The van der Waals surface area contributed by atoms with Gasteiger partial charge in [-0.2, -0.15) is 0 Å². The Kier molecular flexibility index (Phi) is 3.78. The molecule has 1 rings (SSSR count). The van der Waals surface area contributed by atoms with Crippen molar-refractivity contribution in [1.82, 2.24) is 5.32 Å². The van der Waals surface area contributed by atoms with Crippen molar-refractivity contribution in [1.29, 1.82) is 0 Å². The third-order valence-electron chi connectivity index (χ3n) is 3.81. The largest absolute Gasteiger partial charge is 0.314 e. The lowest BCUT2D eigenvalue weighted by atomic mass is 9.65. The summed E-state index contributed by atoms with van der Waals surface area (Å²) in [6.45, 7) is 10.5. The van der Waals surface area contributed by atoms with Crippen molar-refractivity contribution in [2.45, 2.75) is 59.4 Å². The molecule has 0 amide bonds. The van der Waals surface area contributed by atoms with E-state index < -0.39 is 0 Å². The molecule has 1 heteroatoms. The molecule has 1 aliphatic rings. The Labute approximate surface area is 83.3 Å². The van der Waals surface area contributed by atoms with E-state index in [4.69, 9.17) is 0 Å². The maximum Gasteiger partial charge on any atom is 0.00106 e. The lowest BCUT2D eigenvalue weighted by Crippen LogP contribution is -2.42. The van der Waals surface area contributed by atoms with E-state index in [9.17, 15) is 0 Å². The van der Waals surface area contributed by atoms with Gasteiger partial charge in [0, 0.05) is 12.6 Å². The number of nitrogens with one attached hydrogen (secondary N) is 1. The van der Waals surface area contributed by atoms with Gasteiger partial charge in [0.2, 0.25) is 0 Å². The van der Waals surface area contributed by atoms with Crippen LogP contribution in [-0.4, -0.2) is 12.6 Å². The fourth-order valence-corrected chi connectivity index (χ4v) is 2.10. The van der Waals surface area contributed by atoms with Crippen LogP contribution in [0.3, 0.4) is 0 Å². The van der Waals surface area contributed by atoms with Crippen LogP contribution in [-0.2, 0) is 0 Å². The molecule has 0 aliphatic heterocycles. The van der Waals surface area contributed by atoms with Gasteiger partial charge in [0.25, 0.3) is 0 Å². The Morgan fingerprint density at radius 1 is 1.38 bits per heavy atom. The normalized spacial score (nSPS) is 22.8. The second kappa shape index (κ2) is 4.45. The Hall–Kier alpha value is -0.0400. The first-order chi connectivity index (χ1) is 6.08. The molecule has 1 unspecified atom stereocenters. The van der Waals surface area contributed by atoms with Crippen molar-refractivity contribution in [3.05, 3.63) is 0 Å². The number of hydrogen-bond acceptors (Lipinski definition) is 1. The Morgan fingerprint density at radius 2 is 2.00 bits per heavy atom. The third kappa shape index (κ3) is 2.70. The summed E-state index contributed by atoms with van der Waals surface area (Å²) < 4.78 is 0. The van der Waals surface area contributed by atoms with E-state index in [0.717, 1.165) is 5.92 Å². The maximum absolute atomic E-state index is 3.59. The molecule has 0 aromatic heterocycles. The standard InChI is InChI=1S/C12H25N/c1-5-12(4,9-13-10(2)3)11-7-6-8-11/h10-11,13H,5-9H2,1-4H3. The Morgan fingerprint density at radius 3 is 2.31 bits per heavy atom. The van der Waals surface area contributed by atoms with Crippen LogP contribution in [0.5, 0.6) is 0 Å². The molecule has 0 heterocycles. The molecule has 0 saturated heterocycles. The maximum atomic E-state index is 3.59. The van der Waals surface area contributed by atoms with Crippen LogP contribution in [0, 0.1) is 11.3 Å². The van der Waals surface area contributed by atoms with Gasteiger partial charge in [-0.15, -0.1) is 0 Å². The first-order valence-corrected chi connectivity index (χ1v) is 5.82. The summed E-state index contributed by atoms with van der Waals surface area (Å²) in [4.78, 5) is 0. The van der Waals surface area contributed by atoms with Crippen LogP contribution in [0.4, 0.5) is 0 Å². The first-order valence-electron chi connectivity index (χ1n) is 5.82. The molecular formula is C12H25N. The second-order valence-corrected chi connectivity index (χ2v) is 5.17. The van der Waals surface area contributed by atoms with Crippen molar-refractivity contribution in [3.63, 3.8) is 0 Å². The highest BCUT2D eigenvalue weighted by atomic mass is 14.9. The summed E-state index contributed by atoms with van der Waals surface area (Å²) in [6.07, 6.45) is 5.70. The molecule has 0 aromatic carbocycles. The van der Waals surface area contributed by atoms with Crippen molar-refractivity contribution in [2.24, 2.45) is 11.3 Å². The topological polar surface area (TPSA) is 12.0 Å². The lowest BCUT2D eigenvalue weighted by molar-refractivity contribution is 0.0928. The zero-order valence-corrected chi connectivity index (χ0v) is 9.69. The molecule has 0 aromatic rings. The van der Waals surface area contributed by atoms with Crippen LogP contribution in [0.1, 0.15) is 53.4 Å². The summed E-state index contributed by atoms with van der Waals surface area (Å²) in [7, 11) is 0. The summed E-state index contributed by atoms with van der Waals surface area (Å²) >= 11 is 0. The summed E-state index contributed by atoms with van der Waals surface area (Å²) in [5, 5.41) is 3.59. The molecule has 1 N–H and O–H groups in total. The van der Waals surface area contributed by atoms with Crippen LogP contribution < -0.4 is 5.32 Å². The van der Waals surface area contributed by atoms with Gasteiger partial charge >= 0.3 is 0 Å². The summed E-state index contributed by atoms with van der Waals surface area (Å²) in [5.74, 6) is 0.990. The molecule has 1 fully saturated rings. The van der Waals surface area contributed by atoms with Crippen molar-refractivity contribution in [2.75, 3.05) is 6.54 Å². The second-order valence-electron chi connectivity index (χ2n) is 5.17. The van der Waals surface area contributed by atoms with Gasteiger partial charge in [0.15, 0.2) is 0 Å². The predicted octanol–water partition coefficient (Wildman–Crippen LogP) is 3.20. The molecule has 1 aliphatic carbocycles. The van der Waals surface area contributed by atoms with Gasteiger partial charge in [-0.1, -0.05) is 34.1 Å². The fraction of sp³-hybridized carbons (Fsp3) is 1.00. The molecule has 0 bridgehead atoms. The number of rotatable bonds is 5. The first kappa shape index (κ1) is 11.0.